The fraction of sp³-hybridized carbons (Fsp3) is 0.538. The molecule has 2 rings (SSSR count). The first-order valence-electron chi connectivity index (χ1n) is 6.37. The molecule has 2 aromatic rings. The van der Waals surface area contributed by atoms with Crippen LogP contribution >= 0.6 is 0 Å². The molecule has 2 heterocycles. The second-order valence-electron chi connectivity index (χ2n) is 4.65. The smallest absolute Gasteiger partial charge is 0.127 e. The summed E-state index contributed by atoms with van der Waals surface area (Å²) in [6.07, 6.45) is 2.97. The van der Waals surface area contributed by atoms with Crippen LogP contribution in [-0.2, 0) is 20.1 Å². The fourth-order valence-electron chi connectivity index (χ4n) is 2.12. The molecule has 0 bridgehead atoms. The highest BCUT2D eigenvalue weighted by Gasteiger charge is 2.07. The van der Waals surface area contributed by atoms with Crippen LogP contribution in [0.5, 0.6) is 0 Å². The van der Waals surface area contributed by atoms with Gasteiger partial charge < -0.3 is 5.32 Å². The van der Waals surface area contributed by atoms with E-state index in [1.54, 1.807) is 0 Å². The third kappa shape index (κ3) is 2.55. The van der Waals surface area contributed by atoms with Crippen molar-refractivity contribution in [2.24, 2.45) is 7.05 Å². The van der Waals surface area contributed by atoms with Gasteiger partial charge in [0.2, 0.25) is 0 Å². The summed E-state index contributed by atoms with van der Waals surface area (Å²) in [5.74, 6) is 1.07. The Balaban J connectivity index is 2.10. The molecule has 1 N–H and O–H groups in total. The summed E-state index contributed by atoms with van der Waals surface area (Å²) in [6, 6.07) is 2.13. The van der Waals surface area contributed by atoms with Crippen LogP contribution in [0.1, 0.15) is 30.3 Å². The van der Waals surface area contributed by atoms with Crippen molar-refractivity contribution in [3.05, 3.63) is 29.2 Å². The lowest BCUT2D eigenvalue weighted by atomic mass is 10.3. The predicted octanol–water partition coefficient (Wildman–Crippen LogP) is 2.26. The molecule has 0 fully saturated rings. The van der Waals surface area contributed by atoms with Gasteiger partial charge in [-0.3, -0.25) is 9.36 Å². The van der Waals surface area contributed by atoms with Gasteiger partial charge in [0.05, 0.1) is 24.1 Å². The molecule has 0 aliphatic heterocycles. The zero-order valence-electron chi connectivity index (χ0n) is 11.6. The van der Waals surface area contributed by atoms with Gasteiger partial charge in [-0.1, -0.05) is 6.92 Å². The van der Waals surface area contributed by atoms with E-state index in [1.807, 2.05) is 24.9 Å². The molecule has 18 heavy (non-hydrogen) atoms. The van der Waals surface area contributed by atoms with Gasteiger partial charge >= 0.3 is 0 Å². The Kier molecular flexibility index (Phi) is 3.69. The molecule has 0 saturated carbocycles. The SMILES string of the molecule is CCCn1nc(C)cc1CNc1c(C)cnn1C. The summed E-state index contributed by atoms with van der Waals surface area (Å²) in [7, 11) is 1.95. The minimum Gasteiger partial charge on any atom is -0.364 e. The van der Waals surface area contributed by atoms with Crippen molar-refractivity contribution in [2.45, 2.75) is 40.3 Å². The molecular weight excluding hydrogens is 226 g/mol. The van der Waals surface area contributed by atoms with E-state index in [0.29, 0.717) is 0 Å². The molecular formula is C13H21N5. The number of hydrogen-bond donors (Lipinski definition) is 1. The van der Waals surface area contributed by atoms with E-state index in [9.17, 15) is 0 Å². The van der Waals surface area contributed by atoms with E-state index in [2.05, 4.69) is 40.1 Å². The van der Waals surface area contributed by atoms with Crippen molar-refractivity contribution in [3.63, 3.8) is 0 Å². The molecule has 0 saturated heterocycles. The molecule has 0 spiro atoms. The molecule has 2 aromatic heterocycles. The average Bonchev–Trinajstić information content (AvgIpc) is 2.82. The fourth-order valence-corrected chi connectivity index (χ4v) is 2.12. The van der Waals surface area contributed by atoms with E-state index in [1.165, 1.54) is 5.69 Å². The molecule has 0 atom stereocenters. The Bertz CT molecular complexity index is 504. The predicted molar refractivity (Wildman–Crippen MR) is 72.5 cm³/mol. The number of aryl methyl sites for hydroxylation is 4. The van der Waals surface area contributed by atoms with Gasteiger partial charge in [-0.2, -0.15) is 10.2 Å². The third-order valence-electron chi connectivity index (χ3n) is 2.98. The summed E-state index contributed by atoms with van der Waals surface area (Å²) in [4.78, 5) is 0. The molecule has 0 aromatic carbocycles. The van der Waals surface area contributed by atoms with Gasteiger partial charge in [0.25, 0.3) is 0 Å². The number of nitrogens with zero attached hydrogens (tertiary/aromatic N) is 4. The number of nitrogens with one attached hydrogen (secondary N) is 1. The maximum absolute atomic E-state index is 4.50. The van der Waals surface area contributed by atoms with Gasteiger partial charge in [-0.05, 0) is 26.3 Å². The van der Waals surface area contributed by atoms with Crippen LogP contribution in [0.2, 0.25) is 0 Å². The summed E-state index contributed by atoms with van der Waals surface area (Å²) < 4.78 is 3.94. The Labute approximate surface area is 108 Å². The van der Waals surface area contributed by atoms with Crippen LogP contribution < -0.4 is 5.32 Å². The van der Waals surface area contributed by atoms with E-state index in [0.717, 1.165) is 36.6 Å². The highest BCUT2D eigenvalue weighted by molar-refractivity contribution is 5.43. The zero-order valence-corrected chi connectivity index (χ0v) is 11.6. The van der Waals surface area contributed by atoms with Crippen molar-refractivity contribution in [2.75, 3.05) is 5.32 Å². The monoisotopic (exact) mass is 247 g/mol. The second-order valence-corrected chi connectivity index (χ2v) is 4.65. The number of aromatic nitrogens is 4. The van der Waals surface area contributed by atoms with Crippen LogP contribution in [0, 0.1) is 13.8 Å². The lowest BCUT2D eigenvalue weighted by Gasteiger charge is -2.09. The van der Waals surface area contributed by atoms with E-state index < -0.39 is 0 Å². The molecule has 98 valence electrons. The summed E-state index contributed by atoms with van der Waals surface area (Å²) in [5.41, 5.74) is 3.45. The van der Waals surface area contributed by atoms with Crippen molar-refractivity contribution in [3.8, 4) is 0 Å². The third-order valence-corrected chi connectivity index (χ3v) is 2.98. The first-order valence-corrected chi connectivity index (χ1v) is 6.37. The molecule has 0 aliphatic rings. The second kappa shape index (κ2) is 5.25. The lowest BCUT2D eigenvalue weighted by Crippen LogP contribution is -2.11. The van der Waals surface area contributed by atoms with Gasteiger partial charge in [-0.25, -0.2) is 0 Å². The number of anilines is 1. The largest absolute Gasteiger partial charge is 0.364 e. The number of hydrogen-bond acceptors (Lipinski definition) is 3. The number of rotatable bonds is 5. The van der Waals surface area contributed by atoms with Gasteiger partial charge in [-0.15, -0.1) is 0 Å². The van der Waals surface area contributed by atoms with Crippen molar-refractivity contribution >= 4 is 5.82 Å². The average molecular weight is 247 g/mol. The molecule has 5 nitrogen and oxygen atoms in total. The Morgan fingerprint density at radius 2 is 2.11 bits per heavy atom. The molecule has 5 heteroatoms. The topological polar surface area (TPSA) is 47.7 Å². The quantitative estimate of drug-likeness (QED) is 0.881. The van der Waals surface area contributed by atoms with E-state index in [-0.39, 0.29) is 0 Å². The Hall–Kier alpha value is -1.78. The maximum Gasteiger partial charge on any atom is 0.127 e. The van der Waals surface area contributed by atoms with Crippen molar-refractivity contribution in [1.29, 1.82) is 0 Å². The highest BCUT2D eigenvalue weighted by atomic mass is 15.3. The van der Waals surface area contributed by atoms with Crippen LogP contribution in [-0.4, -0.2) is 19.6 Å². The van der Waals surface area contributed by atoms with E-state index in [4.69, 9.17) is 0 Å². The van der Waals surface area contributed by atoms with Crippen molar-refractivity contribution < 1.29 is 0 Å². The first kappa shape index (κ1) is 12.7. The summed E-state index contributed by atoms with van der Waals surface area (Å²) >= 11 is 0. The van der Waals surface area contributed by atoms with E-state index >= 15 is 0 Å². The summed E-state index contributed by atoms with van der Waals surface area (Å²) in [5, 5.41) is 12.2. The van der Waals surface area contributed by atoms with Gasteiger partial charge in [0.1, 0.15) is 5.82 Å². The first-order chi connectivity index (χ1) is 8.61. The van der Waals surface area contributed by atoms with Gasteiger partial charge in [0.15, 0.2) is 0 Å². The molecule has 0 amide bonds. The normalized spacial score (nSPS) is 10.9. The molecule has 0 unspecified atom stereocenters. The van der Waals surface area contributed by atoms with Crippen LogP contribution in [0.3, 0.4) is 0 Å². The Morgan fingerprint density at radius 3 is 2.72 bits per heavy atom. The van der Waals surface area contributed by atoms with Crippen LogP contribution in [0.15, 0.2) is 12.3 Å². The molecule has 0 radical (unpaired) electrons. The Morgan fingerprint density at radius 1 is 1.33 bits per heavy atom. The van der Waals surface area contributed by atoms with Crippen LogP contribution in [0.4, 0.5) is 5.82 Å². The molecule has 0 aliphatic carbocycles. The minimum absolute atomic E-state index is 0.779. The highest BCUT2D eigenvalue weighted by Crippen LogP contribution is 2.14. The standard InChI is InChI=1S/C13H21N5/c1-5-6-18-12(7-11(3)16-18)9-14-13-10(2)8-15-17(13)4/h7-8,14H,5-6,9H2,1-4H3. The maximum atomic E-state index is 4.50. The zero-order chi connectivity index (χ0) is 13.1. The minimum atomic E-state index is 0.779. The summed E-state index contributed by atoms with van der Waals surface area (Å²) in [6.45, 7) is 8.00. The lowest BCUT2D eigenvalue weighted by molar-refractivity contribution is 0.574. The van der Waals surface area contributed by atoms with Gasteiger partial charge in [0, 0.05) is 19.2 Å². The van der Waals surface area contributed by atoms with Crippen molar-refractivity contribution in [1.82, 2.24) is 19.6 Å². The van der Waals surface area contributed by atoms with Crippen LogP contribution in [0.25, 0.3) is 0 Å².